The maximum atomic E-state index is 11.0. The zero-order valence-electron chi connectivity index (χ0n) is 10.8. The maximum Gasteiger partial charge on any atom is 0.354 e. The Balaban J connectivity index is 2.40. The van der Waals surface area contributed by atoms with E-state index in [2.05, 4.69) is 4.98 Å². The second kappa shape index (κ2) is 5.87. The Morgan fingerprint density at radius 2 is 2.10 bits per heavy atom. The Morgan fingerprint density at radius 3 is 2.71 bits per heavy atom. The average molecular weight is 290 g/mol. The molecule has 0 amide bonds. The van der Waals surface area contributed by atoms with Gasteiger partial charge in [0.1, 0.15) is 5.75 Å². The van der Waals surface area contributed by atoms with E-state index >= 15 is 0 Å². The van der Waals surface area contributed by atoms with Gasteiger partial charge in [0.2, 0.25) is 11.6 Å². The van der Waals surface area contributed by atoms with E-state index in [1.807, 2.05) is 0 Å². The fourth-order valence-corrected chi connectivity index (χ4v) is 1.56. The van der Waals surface area contributed by atoms with Crippen molar-refractivity contribution >= 4 is 11.7 Å². The first-order valence-electron chi connectivity index (χ1n) is 5.72. The van der Waals surface area contributed by atoms with Gasteiger partial charge in [-0.15, -0.1) is 0 Å². The van der Waals surface area contributed by atoms with E-state index in [1.165, 1.54) is 43.5 Å². The summed E-state index contributed by atoms with van der Waals surface area (Å²) < 4.78 is 10.3. The Labute approximate surface area is 118 Å². The van der Waals surface area contributed by atoms with Crippen LogP contribution >= 0.6 is 0 Å². The highest BCUT2D eigenvalue weighted by Crippen LogP contribution is 2.33. The maximum absolute atomic E-state index is 11.0. The molecule has 8 heteroatoms. The third-order valence-electron chi connectivity index (χ3n) is 2.52. The molecule has 1 heterocycles. The van der Waals surface area contributed by atoms with Crippen LogP contribution in [0.15, 0.2) is 36.4 Å². The van der Waals surface area contributed by atoms with Gasteiger partial charge in [-0.05, 0) is 12.1 Å². The highest BCUT2D eigenvalue weighted by Gasteiger charge is 2.18. The van der Waals surface area contributed by atoms with Gasteiger partial charge in [0, 0.05) is 18.2 Å². The summed E-state index contributed by atoms with van der Waals surface area (Å²) in [6.07, 6.45) is 0. The van der Waals surface area contributed by atoms with Gasteiger partial charge < -0.3 is 14.6 Å². The number of carboxylic acid groups (broad SMARTS) is 1. The molecule has 2 rings (SSSR count). The van der Waals surface area contributed by atoms with Crippen LogP contribution in [0.5, 0.6) is 17.4 Å². The predicted octanol–water partition coefficient (Wildman–Crippen LogP) is 2.49. The molecular formula is C13H10N2O6. The molecule has 0 aliphatic carbocycles. The number of carboxylic acids is 1. The number of ether oxygens (including phenoxy) is 2. The largest absolute Gasteiger partial charge is 0.497 e. The second-order valence-electron chi connectivity index (χ2n) is 3.86. The Hall–Kier alpha value is -3.16. The first-order chi connectivity index (χ1) is 10.0. The van der Waals surface area contributed by atoms with E-state index in [9.17, 15) is 14.9 Å². The molecule has 1 aromatic carbocycles. The highest BCUT2D eigenvalue weighted by molar-refractivity contribution is 5.85. The summed E-state index contributed by atoms with van der Waals surface area (Å²) >= 11 is 0. The van der Waals surface area contributed by atoms with Crippen LogP contribution < -0.4 is 9.47 Å². The van der Waals surface area contributed by atoms with E-state index in [1.54, 1.807) is 0 Å². The molecule has 8 nitrogen and oxygen atoms in total. The molecule has 2 aromatic rings. The van der Waals surface area contributed by atoms with Gasteiger partial charge >= 0.3 is 11.7 Å². The standard InChI is InChI=1S/C13H10N2O6/c1-20-8-5-6-10(15(18)19)11(7-8)21-12-4-2-3-9(14-12)13(16)17/h2-7H,1H3,(H,16,17). The molecule has 0 saturated heterocycles. The van der Waals surface area contributed by atoms with Crippen molar-refractivity contribution < 1.29 is 24.3 Å². The van der Waals surface area contributed by atoms with Crippen LogP contribution in [-0.4, -0.2) is 28.1 Å². The molecule has 0 spiro atoms. The summed E-state index contributed by atoms with van der Waals surface area (Å²) in [6, 6.07) is 8.09. The SMILES string of the molecule is COc1ccc([N+](=O)[O-])c(Oc2cccc(C(=O)O)n2)c1. The molecule has 0 unspecified atom stereocenters. The Bertz CT molecular complexity index is 701. The fraction of sp³-hybridized carbons (Fsp3) is 0.0769. The lowest BCUT2D eigenvalue weighted by Crippen LogP contribution is -2.01. The van der Waals surface area contributed by atoms with Crippen molar-refractivity contribution in [2.45, 2.75) is 0 Å². The van der Waals surface area contributed by atoms with Gasteiger partial charge in [-0.2, -0.15) is 0 Å². The lowest BCUT2D eigenvalue weighted by molar-refractivity contribution is -0.385. The second-order valence-corrected chi connectivity index (χ2v) is 3.86. The van der Waals surface area contributed by atoms with E-state index in [4.69, 9.17) is 14.6 Å². The third kappa shape index (κ3) is 3.24. The number of aromatic nitrogens is 1. The molecule has 0 aliphatic rings. The molecule has 0 atom stereocenters. The van der Waals surface area contributed by atoms with Crippen molar-refractivity contribution in [2.24, 2.45) is 0 Å². The smallest absolute Gasteiger partial charge is 0.354 e. The molecule has 0 bridgehead atoms. The third-order valence-corrected chi connectivity index (χ3v) is 2.52. The summed E-state index contributed by atoms with van der Waals surface area (Å²) in [4.78, 5) is 24.9. The molecule has 0 aliphatic heterocycles. The van der Waals surface area contributed by atoms with E-state index in [0.29, 0.717) is 5.75 Å². The summed E-state index contributed by atoms with van der Waals surface area (Å²) in [5.41, 5.74) is -0.503. The lowest BCUT2D eigenvalue weighted by Gasteiger charge is -2.07. The molecule has 1 N–H and O–H groups in total. The molecule has 0 fully saturated rings. The number of nitrogens with zero attached hydrogens (tertiary/aromatic N) is 2. The minimum Gasteiger partial charge on any atom is -0.497 e. The van der Waals surface area contributed by atoms with Crippen molar-refractivity contribution in [2.75, 3.05) is 7.11 Å². The van der Waals surface area contributed by atoms with Gasteiger partial charge in [0.15, 0.2) is 5.69 Å². The number of aromatic carboxylic acids is 1. The van der Waals surface area contributed by atoms with Crippen molar-refractivity contribution in [1.82, 2.24) is 4.98 Å². The number of hydrogen-bond donors (Lipinski definition) is 1. The number of rotatable bonds is 5. The zero-order valence-corrected chi connectivity index (χ0v) is 10.8. The van der Waals surface area contributed by atoms with Crippen molar-refractivity contribution in [3.8, 4) is 17.4 Å². The van der Waals surface area contributed by atoms with E-state index in [-0.39, 0.29) is 23.0 Å². The monoisotopic (exact) mass is 290 g/mol. The van der Waals surface area contributed by atoms with Crippen molar-refractivity contribution in [3.05, 3.63) is 52.2 Å². The van der Waals surface area contributed by atoms with Gasteiger partial charge in [0.25, 0.3) is 0 Å². The Morgan fingerprint density at radius 1 is 1.33 bits per heavy atom. The number of carbonyl (C=O) groups is 1. The van der Waals surface area contributed by atoms with Crippen LogP contribution in [0.3, 0.4) is 0 Å². The number of nitro groups is 1. The zero-order chi connectivity index (χ0) is 15.4. The summed E-state index contributed by atoms with van der Waals surface area (Å²) in [5, 5.41) is 19.8. The lowest BCUT2D eigenvalue weighted by atomic mass is 10.3. The summed E-state index contributed by atoms with van der Waals surface area (Å²) in [6.45, 7) is 0. The average Bonchev–Trinajstić information content (AvgIpc) is 2.47. The predicted molar refractivity (Wildman–Crippen MR) is 70.9 cm³/mol. The van der Waals surface area contributed by atoms with Crippen LogP contribution in [0, 0.1) is 10.1 Å². The molecule has 0 saturated carbocycles. The topological polar surface area (TPSA) is 112 Å². The number of pyridine rings is 1. The quantitative estimate of drug-likeness (QED) is 0.664. The first-order valence-corrected chi connectivity index (χ1v) is 5.72. The molecule has 21 heavy (non-hydrogen) atoms. The molecule has 0 radical (unpaired) electrons. The van der Waals surface area contributed by atoms with Crippen LogP contribution in [0.1, 0.15) is 10.5 Å². The van der Waals surface area contributed by atoms with Gasteiger partial charge in [-0.3, -0.25) is 10.1 Å². The number of hydrogen-bond acceptors (Lipinski definition) is 6. The molecule has 108 valence electrons. The number of nitro benzene ring substituents is 1. The van der Waals surface area contributed by atoms with Crippen LogP contribution in [0.25, 0.3) is 0 Å². The highest BCUT2D eigenvalue weighted by atomic mass is 16.6. The fourth-order valence-electron chi connectivity index (χ4n) is 1.56. The van der Waals surface area contributed by atoms with Crippen LogP contribution in [0.4, 0.5) is 5.69 Å². The minimum absolute atomic E-state index is 0.0637. The first kappa shape index (κ1) is 14.3. The summed E-state index contributed by atoms with van der Waals surface area (Å²) in [5.74, 6) is -1.01. The summed E-state index contributed by atoms with van der Waals surface area (Å²) in [7, 11) is 1.41. The Kier molecular flexibility index (Phi) is 3.98. The van der Waals surface area contributed by atoms with Crippen molar-refractivity contribution in [1.29, 1.82) is 0 Å². The van der Waals surface area contributed by atoms with E-state index in [0.717, 1.165) is 0 Å². The van der Waals surface area contributed by atoms with Gasteiger partial charge in [-0.25, -0.2) is 9.78 Å². The number of methoxy groups -OCH3 is 1. The molecular weight excluding hydrogens is 280 g/mol. The van der Waals surface area contributed by atoms with Crippen molar-refractivity contribution in [3.63, 3.8) is 0 Å². The van der Waals surface area contributed by atoms with Gasteiger partial charge in [-0.1, -0.05) is 6.07 Å². The number of benzene rings is 1. The van der Waals surface area contributed by atoms with Gasteiger partial charge in [0.05, 0.1) is 12.0 Å². The van der Waals surface area contributed by atoms with Crippen LogP contribution in [0.2, 0.25) is 0 Å². The van der Waals surface area contributed by atoms with E-state index < -0.39 is 10.9 Å². The normalized spacial score (nSPS) is 9.95. The molecule has 1 aromatic heterocycles. The minimum atomic E-state index is -1.22. The van der Waals surface area contributed by atoms with Crippen LogP contribution in [-0.2, 0) is 0 Å².